The quantitative estimate of drug-likeness (QED) is 0.576. The molecule has 0 fully saturated rings. The zero-order valence-corrected chi connectivity index (χ0v) is 14.4. The Balaban J connectivity index is 1.92. The van der Waals surface area contributed by atoms with Gasteiger partial charge in [0.05, 0.1) is 17.6 Å². The number of rotatable bonds is 7. The van der Waals surface area contributed by atoms with E-state index >= 15 is 0 Å². The van der Waals surface area contributed by atoms with Crippen molar-refractivity contribution in [1.82, 2.24) is 15.6 Å². The molecule has 0 atom stereocenters. The minimum atomic E-state index is -0.689. The second-order valence-corrected chi connectivity index (χ2v) is 5.60. The molecule has 8 heteroatoms. The molecule has 0 aliphatic heterocycles. The van der Waals surface area contributed by atoms with Crippen LogP contribution < -0.4 is 10.6 Å². The van der Waals surface area contributed by atoms with E-state index in [1.165, 1.54) is 6.07 Å². The third-order valence-electron chi connectivity index (χ3n) is 3.26. The van der Waals surface area contributed by atoms with Crippen LogP contribution in [0.25, 0.3) is 10.9 Å². The summed E-state index contributed by atoms with van der Waals surface area (Å²) in [6.07, 6.45) is 0.805. The van der Waals surface area contributed by atoms with Crippen LogP contribution in [0.15, 0.2) is 30.3 Å². The predicted molar refractivity (Wildman–Crippen MR) is 93.3 cm³/mol. The SMILES string of the molecule is CCCNC(=O)CNC(=O)COC(=O)c1cc(Cl)nc2ccccc12. The normalized spacial score (nSPS) is 10.3. The van der Waals surface area contributed by atoms with Crippen LogP contribution >= 0.6 is 11.6 Å². The van der Waals surface area contributed by atoms with Gasteiger partial charge in [-0.1, -0.05) is 36.7 Å². The third kappa shape index (κ3) is 5.42. The summed E-state index contributed by atoms with van der Waals surface area (Å²) in [5, 5.41) is 5.74. The Kier molecular flexibility index (Phi) is 6.71. The highest BCUT2D eigenvalue weighted by atomic mass is 35.5. The van der Waals surface area contributed by atoms with Crippen LogP contribution in [0.4, 0.5) is 0 Å². The molecule has 0 aliphatic carbocycles. The van der Waals surface area contributed by atoms with E-state index in [1.54, 1.807) is 24.3 Å². The van der Waals surface area contributed by atoms with E-state index < -0.39 is 18.5 Å². The highest BCUT2D eigenvalue weighted by Gasteiger charge is 2.15. The van der Waals surface area contributed by atoms with Gasteiger partial charge in [0.1, 0.15) is 5.15 Å². The maximum absolute atomic E-state index is 12.2. The number of fused-ring (bicyclic) bond motifs is 1. The van der Waals surface area contributed by atoms with Gasteiger partial charge in [0.25, 0.3) is 5.91 Å². The molecular weight excluding hydrogens is 346 g/mol. The summed E-state index contributed by atoms with van der Waals surface area (Å²) in [5.41, 5.74) is 0.781. The number of carbonyl (C=O) groups excluding carboxylic acids is 3. The van der Waals surface area contributed by atoms with Gasteiger partial charge in [-0.25, -0.2) is 9.78 Å². The Bertz CT molecular complexity index is 795. The largest absolute Gasteiger partial charge is 0.452 e. The molecule has 132 valence electrons. The molecule has 2 aromatic rings. The maximum atomic E-state index is 12.2. The summed E-state index contributed by atoms with van der Waals surface area (Å²) in [4.78, 5) is 39.4. The number of halogens is 1. The Hall–Kier alpha value is -2.67. The van der Waals surface area contributed by atoms with Gasteiger partial charge in [0.2, 0.25) is 5.91 Å². The van der Waals surface area contributed by atoms with Crippen molar-refractivity contribution in [2.45, 2.75) is 13.3 Å². The minimum Gasteiger partial charge on any atom is -0.452 e. The molecule has 0 saturated heterocycles. The first-order chi connectivity index (χ1) is 12.0. The smallest absolute Gasteiger partial charge is 0.339 e. The lowest BCUT2D eigenvalue weighted by Crippen LogP contribution is -2.38. The second kappa shape index (κ2) is 8.98. The Morgan fingerprint density at radius 1 is 1.16 bits per heavy atom. The second-order valence-electron chi connectivity index (χ2n) is 5.21. The van der Waals surface area contributed by atoms with Crippen LogP contribution in [-0.2, 0) is 14.3 Å². The molecule has 0 spiro atoms. The molecule has 7 nitrogen and oxygen atoms in total. The van der Waals surface area contributed by atoms with E-state index in [0.717, 1.165) is 6.42 Å². The lowest BCUT2D eigenvalue weighted by molar-refractivity contribution is -0.127. The summed E-state index contributed by atoms with van der Waals surface area (Å²) in [7, 11) is 0. The number of carbonyl (C=O) groups is 3. The van der Waals surface area contributed by atoms with Gasteiger partial charge < -0.3 is 15.4 Å². The molecule has 2 rings (SSSR count). The van der Waals surface area contributed by atoms with E-state index in [0.29, 0.717) is 17.4 Å². The van der Waals surface area contributed by atoms with Gasteiger partial charge in [0, 0.05) is 11.9 Å². The van der Waals surface area contributed by atoms with E-state index in [2.05, 4.69) is 15.6 Å². The number of pyridine rings is 1. The van der Waals surface area contributed by atoms with Crippen molar-refractivity contribution in [2.24, 2.45) is 0 Å². The van der Waals surface area contributed by atoms with Crippen molar-refractivity contribution < 1.29 is 19.1 Å². The first-order valence-corrected chi connectivity index (χ1v) is 8.15. The van der Waals surface area contributed by atoms with Gasteiger partial charge in [0.15, 0.2) is 6.61 Å². The van der Waals surface area contributed by atoms with Crippen LogP contribution in [0.1, 0.15) is 23.7 Å². The van der Waals surface area contributed by atoms with Crippen LogP contribution in [0.3, 0.4) is 0 Å². The van der Waals surface area contributed by atoms with Gasteiger partial charge >= 0.3 is 5.97 Å². The molecule has 0 unspecified atom stereocenters. The summed E-state index contributed by atoms with van der Waals surface area (Å²) in [6, 6.07) is 8.36. The van der Waals surface area contributed by atoms with Crippen molar-refractivity contribution in [2.75, 3.05) is 19.7 Å². The standard InChI is InChI=1S/C17H18ClN3O4/c1-2-7-19-15(22)9-20-16(23)10-25-17(24)12-8-14(18)21-13-6-4-3-5-11(12)13/h3-6,8H,2,7,9-10H2,1H3,(H,19,22)(H,20,23). The Morgan fingerprint density at radius 3 is 2.68 bits per heavy atom. The average molecular weight is 364 g/mol. The van der Waals surface area contributed by atoms with Crippen molar-refractivity contribution in [3.8, 4) is 0 Å². The highest BCUT2D eigenvalue weighted by Crippen LogP contribution is 2.21. The molecule has 1 aromatic carbocycles. The summed E-state index contributed by atoms with van der Waals surface area (Å²) >= 11 is 5.91. The number of nitrogens with one attached hydrogen (secondary N) is 2. The molecule has 2 amide bonds. The van der Waals surface area contributed by atoms with E-state index in [4.69, 9.17) is 16.3 Å². The van der Waals surface area contributed by atoms with Gasteiger partial charge in [-0.05, 0) is 18.6 Å². The molecule has 25 heavy (non-hydrogen) atoms. The predicted octanol–water partition coefficient (Wildman–Crippen LogP) is 1.69. The number of aromatic nitrogens is 1. The molecule has 0 radical (unpaired) electrons. The molecular formula is C17H18ClN3O4. The average Bonchev–Trinajstić information content (AvgIpc) is 2.61. The number of hydrogen-bond acceptors (Lipinski definition) is 5. The summed E-state index contributed by atoms with van der Waals surface area (Å²) in [6.45, 7) is 1.81. The fourth-order valence-corrected chi connectivity index (χ4v) is 2.28. The molecule has 0 bridgehead atoms. The third-order valence-corrected chi connectivity index (χ3v) is 3.45. The zero-order valence-electron chi connectivity index (χ0n) is 13.7. The minimum absolute atomic E-state index is 0.155. The number of nitrogens with zero attached hydrogens (tertiary/aromatic N) is 1. The maximum Gasteiger partial charge on any atom is 0.339 e. The Labute approximate surface area is 149 Å². The van der Waals surface area contributed by atoms with Crippen molar-refractivity contribution in [3.05, 3.63) is 41.0 Å². The van der Waals surface area contributed by atoms with Crippen LogP contribution in [-0.4, -0.2) is 42.5 Å². The molecule has 1 heterocycles. The number of benzene rings is 1. The van der Waals surface area contributed by atoms with Gasteiger partial charge in [-0.2, -0.15) is 0 Å². The van der Waals surface area contributed by atoms with Crippen molar-refractivity contribution in [3.63, 3.8) is 0 Å². The summed E-state index contributed by atoms with van der Waals surface area (Å²) < 4.78 is 5.00. The first kappa shape index (κ1) is 18.7. The van der Waals surface area contributed by atoms with E-state index in [9.17, 15) is 14.4 Å². The molecule has 2 N–H and O–H groups in total. The first-order valence-electron chi connectivity index (χ1n) is 7.77. The van der Waals surface area contributed by atoms with Crippen molar-refractivity contribution >= 4 is 40.3 Å². The lowest BCUT2D eigenvalue weighted by Gasteiger charge is -2.09. The van der Waals surface area contributed by atoms with E-state index in [-0.39, 0.29) is 23.2 Å². The number of hydrogen-bond donors (Lipinski definition) is 2. The topological polar surface area (TPSA) is 97.4 Å². The Morgan fingerprint density at radius 2 is 1.92 bits per heavy atom. The number of ether oxygens (including phenoxy) is 1. The van der Waals surface area contributed by atoms with Crippen molar-refractivity contribution in [1.29, 1.82) is 0 Å². The lowest BCUT2D eigenvalue weighted by atomic mass is 10.1. The highest BCUT2D eigenvalue weighted by molar-refractivity contribution is 6.30. The van der Waals surface area contributed by atoms with Gasteiger partial charge in [-0.15, -0.1) is 0 Å². The zero-order chi connectivity index (χ0) is 18.2. The number of para-hydroxylation sites is 1. The summed E-state index contributed by atoms with van der Waals surface area (Å²) in [5.74, 6) is -1.55. The molecule has 0 saturated carbocycles. The molecule has 1 aromatic heterocycles. The van der Waals surface area contributed by atoms with Crippen LogP contribution in [0.2, 0.25) is 5.15 Å². The fourth-order valence-electron chi connectivity index (χ4n) is 2.08. The molecule has 0 aliphatic rings. The fraction of sp³-hybridized carbons (Fsp3) is 0.294. The van der Waals surface area contributed by atoms with Crippen LogP contribution in [0, 0.1) is 0 Å². The van der Waals surface area contributed by atoms with Gasteiger partial charge in [-0.3, -0.25) is 9.59 Å². The van der Waals surface area contributed by atoms with Crippen LogP contribution in [0.5, 0.6) is 0 Å². The number of amides is 2. The van der Waals surface area contributed by atoms with E-state index in [1.807, 2.05) is 6.92 Å². The monoisotopic (exact) mass is 363 g/mol. The number of esters is 1.